The number of rotatable bonds is 3. The molecule has 0 aliphatic carbocycles. The van der Waals surface area contributed by atoms with Crippen LogP contribution in [-0.4, -0.2) is 19.7 Å². The quantitative estimate of drug-likeness (QED) is 0.465. The first-order valence-corrected chi connectivity index (χ1v) is 9.26. The highest BCUT2D eigenvalue weighted by molar-refractivity contribution is 6.37. The van der Waals surface area contributed by atoms with Crippen molar-refractivity contribution in [2.75, 3.05) is 0 Å². The average Bonchev–Trinajstić information content (AvgIpc) is 2.73. The minimum absolute atomic E-state index is 0.0949. The zero-order chi connectivity index (χ0) is 23.2. The van der Waals surface area contributed by atoms with Crippen molar-refractivity contribution in [3.8, 4) is 23.4 Å². The summed E-state index contributed by atoms with van der Waals surface area (Å²) in [7, 11) is 0. The monoisotopic (exact) mass is 477 g/mol. The molecule has 160 valence electrons. The zero-order valence-electron chi connectivity index (χ0n) is 15.4. The lowest BCUT2D eigenvalue weighted by Gasteiger charge is -2.13. The summed E-state index contributed by atoms with van der Waals surface area (Å²) < 4.78 is 33.7. The summed E-state index contributed by atoms with van der Waals surface area (Å²) >= 11 is 12.5. The van der Waals surface area contributed by atoms with Crippen molar-refractivity contribution in [1.29, 1.82) is 5.26 Å². The van der Waals surface area contributed by atoms with Crippen molar-refractivity contribution in [2.45, 2.75) is 0 Å². The van der Waals surface area contributed by atoms with Gasteiger partial charge in [-0.3, -0.25) is 19.1 Å². The van der Waals surface area contributed by atoms with Gasteiger partial charge in [0, 0.05) is 6.20 Å². The Morgan fingerprint density at radius 3 is 2.25 bits per heavy atom. The number of nitrogens with zero attached hydrogens (tertiary/aromatic N) is 3. The Morgan fingerprint density at radius 1 is 1.00 bits per heavy atom. The first kappa shape index (κ1) is 21.2. The van der Waals surface area contributed by atoms with Crippen LogP contribution in [-0.2, 0) is 0 Å². The Kier molecular flexibility index (Phi) is 5.25. The molecule has 0 atom stereocenters. The average molecular weight is 478 g/mol. The SMILES string of the molecule is N#Cc1cn(-c2cc(Cl)c(Oc3n[nH]c(=O)c4cc(F)c(F)cc34)c(Cl)c2)c(=O)[nH]c1=O. The summed E-state index contributed by atoms with van der Waals surface area (Å²) in [6, 6.07) is 5.57. The van der Waals surface area contributed by atoms with E-state index in [9.17, 15) is 23.2 Å². The summed E-state index contributed by atoms with van der Waals surface area (Å²) in [6.07, 6.45) is 1.01. The Bertz CT molecular complexity index is 1620. The lowest BCUT2D eigenvalue weighted by Crippen LogP contribution is -2.30. The van der Waals surface area contributed by atoms with Crippen LogP contribution in [0.3, 0.4) is 0 Å². The predicted molar refractivity (Wildman–Crippen MR) is 110 cm³/mol. The topological polar surface area (TPSA) is 134 Å². The van der Waals surface area contributed by atoms with Crippen molar-refractivity contribution in [2.24, 2.45) is 0 Å². The molecule has 13 heteroatoms. The molecule has 2 aromatic heterocycles. The Hall–Kier alpha value is -4.01. The second-order valence-electron chi connectivity index (χ2n) is 6.29. The normalized spacial score (nSPS) is 10.8. The molecule has 2 N–H and O–H groups in total. The van der Waals surface area contributed by atoms with Gasteiger partial charge < -0.3 is 4.74 Å². The van der Waals surface area contributed by atoms with Gasteiger partial charge >= 0.3 is 5.69 Å². The summed E-state index contributed by atoms with van der Waals surface area (Å²) in [6.45, 7) is 0. The first-order valence-electron chi connectivity index (χ1n) is 8.50. The number of fused-ring (bicyclic) bond motifs is 1. The lowest BCUT2D eigenvalue weighted by molar-refractivity contribution is 0.460. The van der Waals surface area contributed by atoms with E-state index in [1.165, 1.54) is 12.1 Å². The number of aromatic amines is 2. The van der Waals surface area contributed by atoms with Crippen molar-refractivity contribution < 1.29 is 13.5 Å². The summed E-state index contributed by atoms with van der Waals surface area (Å²) in [5.74, 6) is -2.94. The van der Waals surface area contributed by atoms with Crippen molar-refractivity contribution in [1.82, 2.24) is 19.7 Å². The van der Waals surface area contributed by atoms with E-state index in [0.717, 1.165) is 16.8 Å². The van der Waals surface area contributed by atoms with Gasteiger partial charge in [-0.1, -0.05) is 23.2 Å². The zero-order valence-corrected chi connectivity index (χ0v) is 16.9. The molecular weight excluding hydrogens is 471 g/mol. The van der Waals surface area contributed by atoms with E-state index >= 15 is 0 Å². The van der Waals surface area contributed by atoms with E-state index in [1.807, 2.05) is 4.98 Å². The molecule has 0 saturated carbocycles. The van der Waals surface area contributed by atoms with Crippen molar-refractivity contribution in [3.63, 3.8) is 0 Å². The lowest BCUT2D eigenvalue weighted by atomic mass is 10.2. The number of ether oxygens (including phenoxy) is 1. The molecule has 2 aromatic carbocycles. The van der Waals surface area contributed by atoms with Gasteiger partial charge in [-0.25, -0.2) is 18.7 Å². The third-order valence-electron chi connectivity index (χ3n) is 4.32. The molecule has 32 heavy (non-hydrogen) atoms. The van der Waals surface area contributed by atoms with Crippen LogP contribution in [0.15, 0.2) is 44.8 Å². The molecular formula is C19H7Cl2F2N5O4. The number of benzene rings is 2. The Labute approximate surface area is 185 Å². The number of nitrogens with one attached hydrogen (secondary N) is 2. The summed E-state index contributed by atoms with van der Waals surface area (Å²) in [5, 5.41) is 14.2. The number of nitriles is 1. The molecule has 0 spiro atoms. The van der Waals surface area contributed by atoms with E-state index in [1.54, 1.807) is 6.07 Å². The van der Waals surface area contributed by atoms with Gasteiger partial charge in [-0.05, 0) is 24.3 Å². The summed E-state index contributed by atoms with van der Waals surface area (Å²) in [4.78, 5) is 37.6. The third-order valence-corrected chi connectivity index (χ3v) is 4.88. The molecule has 0 amide bonds. The van der Waals surface area contributed by atoms with Gasteiger partial charge in [0.2, 0.25) is 5.88 Å². The van der Waals surface area contributed by atoms with E-state index in [0.29, 0.717) is 6.07 Å². The molecule has 4 aromatic rings. The maximum Gasteiger partial charge on any atom is 0.332 e. The Morgan fingerprint density at radius 2 is 1.62 bits per heavy atom. The first-order chi connectivity index (χ1) is 15.2. The van der Waals surface area contributed by atoms with Gasteiger partial charge in [-0.2, -0.15) is 5.26 Å². The van der Waals surface area contributed by atoms with E-state index < -0.39 is 28.4 Å². The van der Waals surface area contributed by atoms with Crippen LogP contribution in [0, 0.1) is 23.0 Å². The highest BCUT2D eigenvalue weighted by atomic mass is 35.5. The highest BCUT2D eigenvalue weighted by Crippen LogP contribution is 2.39. The summed E-state index contributed by atoms with van der Waals surface area (Å²) in [5.41, 5.74) is -2.71. The molecule has 2 heterocycles. The van der Waals surface area contributed by atoms with Crippen LogP contribution in [0.2, 0.25) is 10.0 Å². The smallest absolute Gasteiger partial charge is 0.332 e. The number of hydrogen-bond acceptors (Lipinski definition) is 6. The van der Waals surface area contributed by atoms with Crippen LogP contribution in [0.25, 0.3) is 16.5 Å². The van der Waals surface area contributed by atoms with E-state index in [4.69, 9.17) is 33.2 Å². The second kappa shape index (κ2) is 7.92. The number of hydrogen-bond donors (Lipinski definition) is 2. The molecule has 0 saturated heterocycles. The maximum atomic E-state index is 13.7. The van der Waals surface area contributed by atoms with Crippen LogP contribution >= 0.6 is 23.2 Å². The molecule has 0 fully saturated rings. The largest absolute Gasteiger partial charge is 0.434 e. The number of halogens is 4. The third kappa shape index (κ3) is 3.62. The molecule has 0 aliphatic heterocycles. The van der Waals surface area contributed by atoms with Gasteiger partial charge in [0.15, 0.2) is 17.4 Å². The van der Waals surface area contributed by atoms with Gasteiger partial charge in [-0.15, -0.1) is 5.10 Å². The number of aromatic nitrogens is 4. The minimum Gasteiger partial charge on any atom is -0.434 e. The maximum absolute atomic E-state index is 13.7. The molecule has 4 rings (SSSR count). The number of H-pyrrole nitrogens is 2. The fourth-order valence-corrected chi connectivity index (χ4v) is 3.39. The predicted octanol–water partition coefficient (Wildman–Crippen LogP) is 3.01. The van der Waals surface area contributed by atoms with E-state index in [2.05, 4.69) is 10.2 Å². The van der Waals surface area contributed by atoms with Crippen LogP contribution < -0.4 is 21.5 Å². The standard InChI is InChI=1S/C19H7Cl2F2N5O4/c20-11-1-8(28-6-7(5-24)16(29)25-19(28)31)2-12(21)15(11)32-18-10-4-14(23)13(22)3-9(10)17(30)26-27-18/h1-4,6H,(H,26,30)(H,25,29,31). The molecule has 0 unspecified atom stereocenters. The highest BCUT2D eigenvalue weighted by Gasteiger charge is 2.18. The van der Waals surface area contributed by atoms with E-state index in [-0.39, 0.29) is 43.7 Å². The Balaban J connectivity index is 1.83. The van der Waals surface area contributed by atoms with Gasteiger partial charge in [0.05, 0.1) is 26.5 Å². The fourth-order valence-electron chi connectivity index (χ4n) is 2.83. The molecule has 9 nitrogen and oxygen atoms in total. The molecule has 0 radical (unpaired) electrons. The van der Waals surface area contributed by atoms with Crippen LogP contribution in [0.5, 0.6) is 11.6 Å². The van der Waals surface area contributed by atoms with Gasteiger partial charge in [0.1, 0.15) is 11.6 Å². The van der Waals surface area contributed by atoms with Gasteiger partial charge in [0.25, 0.3) is 11.1 Å². The van der Waals surface area contributed by atoms with Crippen LogP contribution in [0.4, 0.5) is 8.78 Å². The van der Waals surface area contributed by atoms with Crippen molar-refractivity contribution >= 4 is 34.0 Å². The second-order valence-corrected chi connectivity index (χ2v) is 7.11. The fraction of sp³-hybridized carbons (Fsp3) is 0. The molecule has 0 aliphatic rings. The minimum atomic E-state index is -1.23. The van der Waals surface area contributed by atoms with Crippen LogP contribution in [0.1, 0.15) is 5.56 Å². The van der Waals surface area contributed by atoms with Crippen molar-refractivity contribution in [3.05, 3.63) is 88.9 Å². The molecule has 0 bridgehead atoms.